The fourth-order valence-electron chi connectivity index (χ4n) is 0. The molecule has 0 spiro atoms. The molecule has 0 aromatic rings. The fraction of sp³-hybridized carbons (Fsp3) is 0. The zero-order valence-corrected chi connectivity index (χ0v) is 3.83. The number of hydrogen-bond acceptors (Lipinski definition) is 4. The minimum atomic E-state index is -2.63. The molecule has 0 aliphatic carbocycles. The Hall–Kier alpha value is 0.370. The zero-order chi connectivity index (χ0) is 4.28. The van der Waals surface area contributed by atoms with Crippen LogP contribution in [0.1, 0.15) is 0 Å². The first kappa shape index (κ1) is 5.37. The van der Waals surface area contributed by atoms with Gasteiger partial charge in [0.1, 0.15) is 0 Å². The maximum Gasteiger partial charge on any atom is 0.414 e. The smallest absolute Gasteiger partial charge is 0.414 e. The van der Waals surface area contributed by atoms with Gasteiger partial charge in [-0.3, -0.25) is 4.55 Å². The predicted molar refractivity (Wildman–Crippen MR) is 17.8 cm³/mol. The van der Waals surface area contributed by atoms with Crippen molar-refractivity contribution in [2.75, 3.05) is 0 Å². The molecule has 0 rings (SSSR count). The quantitative estimate of drug-likeness (QED) is 0.389. The highest BCUT2D eigenvalue weighted by atomic mass is 32.7. The van der Waals surface area contributed by atoms with Gasteiger partial charge in [0, 0.05) is 0 Å². The summed E-state index contributed by atoms with van der Waals surface area (Å²) in [5.74, 6) is 0. The topological polar surface area (TPSA) is 60.4 Å². The van der Waals surface area contributed by atoms with E-state index in [9.17, 15) is 0 Å². The van der Waals surface area contributed by atoms with E-state index < -0.39 is 7.23 Å². The molecule has 1 atom stereocenters. The first-order valence-electron chi connectivity index (χ1n) is 0.730. The van der Waals surface area contributed by atoms with E-state index >= 15 is 0 Å². The van der Waals surface area contributed by atoms with E-state index in [0.717, 1.165) is 0 Å². The van der Waals surface area contributed by atoms with E-state index in [2.05, 4.69) is 0 Å². The molecule has 0 bridgehead atoms. The van der Waals surface area contributed by atoms with Crippen molar-refractivity contribution in [1.29, 1.82) is 0 Å². The van der Waals surface area contributed by atoms with E-state index in [4.69, 9.17) is 14.0 Å². The lowest BCUT2D eigenvalue weighted by Crippen LogP contribution is -1.76. The lowest BCUT2D eigenvalue weighted by Gasteiger charge is -1.66. The molecular formula is HO3PS. The van der Waals surface area contributed by atoms with Crippen LogP contribution < -0.4 is 4.89 Å². The van der Waals surface area contributed by atoms with Crippen LogP contribution in [0.2, 0.25) is 0 Å². The molecule has 0 saturated heterocycles. The van der Waals surface area contributed by atoms with Crippen LogP contribution in [-0.2, 0) is 4.57 Å². The second-order valence-corrected chi connectivity index (χ2v) is 2.30. The molecule has 0 aliphatic heterocycles. The molecule has 0 fully saturated rings. The van der Waals surface area contributed by atoms with Crippen molar-refractivity contribution < 1.29 is 14.0 Å². The molecule has 30 valence electrons. The summed E-state index contributed by atoms with van der Waals surface area (Å²) in [5.41, 5.74) is 0. The van der Waals surface area contributed by atoms with Gasteiger partial charge >= 0.3 is 7.23 Å². The first-order chi connectivity index (χ1) is 2.27. The van der Waals surface area contributed by atoms with Gasteiger partial charge in [0.2, 0.25) is 0 Å². The van der Waals surface area contributed by atoms with Gasteiger partial charge in [0.25, 0.3) is 11.7 Å². The third-order valence-electron chi connectivity index (χ3n) is 0.0667. The Kier molecular flexibility index (Phi) is 2.79. The minimum absolute atomic E-state index is 0.167. The van der Waals surface area contributed by atoms with Crippen molar-refractivity contribution in [2.45, 2.75) is 0 Å². The van der Waals surface area contributed by atoms with E-state index in [-0.39, 0.29) is 11.7 Å². The molecule has 1 N–H and O–H groups in total. The Morgan fingerprint density at radius 1 is 2.00 bits per heavy atom. The fourth-order valence-corrected chi connectivity index (χ4v) is 0. The van der Waals surface area contributed by atoms with Crippen molar-refractivity contribution in [3.8, 4) is 0 Å². The van der Waals surface area contributed by atoms with Gasteiger partial charge < -0.3 is 4.89 Å². The summed E-state index contributed by atoms with van der Waals surface area (Å²) < 4.78 is 16.6. The number of rotatable bonds is 1. The van der Waals surface area contributed by atoms with Crippen molar-refractivity contribution in [3.63, 3.8) is 0 Å². The van der Waals surface area contributed by atoms with Gasteiger partial charge in [-0.2, -0.15) is 0 Å². The molecule has 0 aromatic heterocycles. The SMILES string of the molecule is O=[P+]([O-])SO. The summed E-state index contributed by atoms with van der Waals surface area (Å²) in [6.45, 7) is 0. The van der Waals surface area contributed by atoms with Crippen molar-refractivity contribution in [1.82, 2.24) is 0 Å². The van der Waals surface area contributed by atoms with Gasteiger partial charge in [-0.25, -0.2) is 0 Å². The second kappa shape index (κ2) is 2.60. The molecule has 0 radical (unpaired) electrons. The maximum atomic E-state index is 9.12. The Bertz CT molecular complexity index is 42.2. The average molecular weight is 112 g/mol. The van der Waals surface area contributed by atoms with Crippen LogP contribution >= 0.6 is 18.9 Å². The van der Waals surface area contributed by atoms with Gasteiger partial charge in [-0.1, -0.05) is 4.57 Å². The molecule has 0 aromatic carbocycles. The van der Waals surface area contributed by atoms with E-state index in [1.54, 1.807) is 0 Å². The normalized spacial score (nSPS) is 11.2. The highest BCUT2D eigenvalue weighted by molar-refractivity contribution is 8.46. The molecule has 1 unspecified atom stereocenters. The van der Waals surface area contributed by atoms with Crippen LogP contribution in [0.3, 0.4) is 0 Å². The zero-order valence-electron chi connectivity index (χ0n) is 2.12. The summed E-state index contributed by atoms with van der Waals surface area (Å²) in [6, 6.07) is 0. The minimum Gasteiger partial charge on any atom is -0.583 e. The highest BCUT2D eigenvalue weighted by Gasteiger charge is 1.92. The molecule has 5 heteroatoms. The summed E-state index contributed by atoms with van der Waals surface area (Å²) in [4.78, 5) is 9.12. The summed E-state index contributed by atoms with van der Waals surface area (Å²) in [5, 5.41) is 0. The Morgan fingerprint density at radius 3 is 2.20 bits per heavy atom. The van der Waals surface area contributed by atoms with Crippen LogP contribution in [0.25, 0.3) is 0 Å². The van der Waals surface area contributed by atoms with E-state index in [1.807, 2.05) is 0 Å². The molecule has 0 heterocycles. The van der Waals surface area contributed by atoms with Crippen LogP contribution in [0.15, 0.2) is 0 Å². The molecule has 5 heavy (non-hydrogen) atoms. The van der Waals surface area contributed by atoms with Crippen LogP contribution in [0.5, 0.6) is 0 Å². The highest BCUT2D eigenvalue weighted by Crippen LogP contribution is 2.22. The van der Waals surface area contributed by atoms with Crippen molar-refractivity contribution in [2.24, 2.45) is 0 Å². The molecular weight excluding hydrogens is 111 g/mol. The van der Waals surface area contributed by atoms with Crippen molar-refractivity contribution >= 4 is 18.9 Å². The summed E-state index contributed by atoms with van der Waals surface area (Å²) >= 11 is -0.167. The summed E-state index contributed by atoms with van der Waals surface area (Å²) in [7, 11) is -2.63. The first-order valence-corrected chi connectivity index (χ1v) is 3.29. The molecule has 0 amide bonds. The Labute approximate surface area is 33.8 Å². The number of hydrogen-bond donors (Lipinski definition) is 1. The van der Waals surface area contributed by atoms with Crippen LogP contribution in [-0.4, -0.2) is 4.55 Å². The van der Waals surface area contributed by atoms with Crippen LogP contribution in [0, 0.1) is 0 Å². The van der Waals surface area contributed by atoms with Gasteiger partial charge in [0.15, 0.2) is 0 Å². The second-order valence-electron chi connectivity index (χ2n) is 0.305. The van der Waals surface area contributed by atoms with Crippen LogP contribution in [0.4, 0.5) is 0 Å². The van der Waals surface area contributed by atoms with Gasteiger partial charge in [0.05, 0.1) is 0 Å². The van der Waals surface area contributed by atoms with Gasteiger partial charge in [-0.15, -0.1) is 0 Å². The largest absolute Gasteiger partial charge is 0.583 e. The lowest BCUT2D eigenvalue weighted by atomic mass is 15.9. The average Bonchev–Trinajstić information content (AvgIpc) is 1.38. The summed E-state index contributed by atoms with van der Waals surface area (Å²) in [6.07, 6.45) is 0. The molecule has 0 aliphatic rings. The standard InChI is InChI=1S/HO3PS/c1-4(2)5-3/h3H. The predicted octanol–water partition coefficient (Wildman–Crippen LogP) is 0.210. The molecule has 3 nitrogen and oxygen atoms in total. The maximum absolute atomic E-state index is 9.12. The van der Waals surface area contributed by atoms with Gasteiger partial charge in [-0.05, 0) is 0 Å². The van der Waals surface area contributed by atoms with Crippen molar-refractivity contribution in [3.05, 3.63) is 0 Å². The Balaban J connectivity index is 2.85. The third kappa shape index (κ3) is 4.37. The monoisotopic (exact) mass is 112 g/mol. The van der Waals surface area contributed by atoms with E-state index in [0.29, 0.717) is 0 Å². The molecule has 0 saturated carbocycles. The lowest BCUT2D eigenvalue weighted by molar-refractivity contribution is -0.158. The Morgan fingerprint density at radius 2 is 2.20 bits per heavy atom. The third-order valence-corrected chi connectivity index (χ3v) is 0.600. The van der Waals surface area contributed by atoms with E-state index in [1.165, 1.54) is 0 Å².